The van der Waals surface area contributed by atoms with Crippen LogP contribution < -0.4 is 21.5 Å². The molecule has 1 aliphatic rings. The van der Waals surface area contributed by atoms with Gasteiger partial charge in [0.25, 0.3) is 5.69 Å². The third-order valence-corrected chi connectivity index (χ3v) is 5.70. The number of alkyl halides is 3. The molecule has 1 atom stereocenters. The molecule has 0 saturated carbocycles. The van der Waals surface area contributed by atoms with Crippen molar-refractivity contribution in [2.45, 2.75) is 30.1 Å². The molecule has 5 nitrogen and oxygen atoms in total. The van der Waals surface area contributed by atoms with E-state index in [1.165, 1.54) is 18.2 Å². The van der Waals surface area contributed by atoms with Crippen molar-refractivity contribution < 1.29 is 39.6 Å². The Morgan fingerprint density at radius 1 is 1.21 bits per heavy atom. The van der Waals surface area contributed by atoms with E-state index in [0.717, 1.165) is 23.8 Å². The van der Waals surface area contributed by atoms with Crippen LogP contribution in [-0.2, 0) is 12.7 Å². The summed E-state index contributed by atoms with van der Waals surface area (Å²) in [4.78, 5) is 10.4. The van der Waals surface area contributed by atoms with Crippen molar-refractivity contribution in [2.24, 2.45) is 0 Å². The van der Waals surface area contributed by atoms with Gasteiger partial charge in [-0.25, -0.2) is 4.57 Å². The van der Waals surface area contributed by atoms with Gasteiger partial charge >= 0.3 is 11.3 Å². The number of hydrogen-bond acceptors (Lipinski definition) is 3. The summed E-state index contributed by atoms with van der Waals surface area (Å²) < 4.78 is 43.4. The van der Waals surface area contributed by atoms with Gasteiger partial charge in [0.05, 0.1) is 15.7 Å². The maximum Gasteiger partial charge on any atom is 0.416 e. The van der Waals surface area contributed by atoms with Crippen LogP contribution in [0.3, 0.4) is 0 Å². The Morgan fingerprint density at radius 3 is 2.52 bits per heavy atom. The molecule has 0 amide bonds. The second-order valence-corrected chi connectivity index (χ2v) is 7.97. The van der Waals surface area contributed by atoms with E-state index in [0.29, 0.717) is 22.2 Å². The lowest BCUT2D eigenvalue weighted by Gasteiger charge is -2.09. The lowest BCUT2D eigenvalue weighted by atomic mass is 10.1. The number of imidazole rings is 1. The summed E-state index contributed by atoms with van der Waals surface area (Å²) in [6, 6.07) is 11.2. The molecule has 29 heavy (non-hydrogen) atoms. The molecule has 4 rings (SSSR count). The highest BCUT2D eigenvalue weighted by Gasteiger charge is 2.36. The van der Waals surface area contributed by atoms with Gasteiger partial charge in [0, 0.05) is 17.7 Å². The van der Waals surface area contributed by atoms with Crippen LogP contribution in [0.5, 0.6) is 0 Å². The molecule has 1 aliphatic heterocycles. The van der Waals surface area contributed by atoms with E-state index in [9.17, 15) is 23.3 Å². The molecule has 1 unspecified atom stereocenters. The van der Waals surface area contributed by atoms with E-state index in [2.05, 4.69) is 6.92 Å². The van der Waals surface area contributed by atoms with Crippen LogP contribution in [0.15, 0.2) is 59.9 Å². The number of benzene rings is 2. The molecule has 0 spiro atoms. The average Bonchev–Trinajstić information content (AvgIpc) is 3.17. The molecule has 2 aromatic carbocycles. The summed E-state index contributed by atoms with van der Waals surface area (Å²) in [5.74, 6) is 0. The van der Waals surface area contributed by atoms with Crippen LogP contribution in [0, 0.1) is 10.1 Å². The first kappa shape index (κ1) is 21.4. The third kappa shape index (κ3) is 4.04. The lowest BCUT2D eigenvalue weighted by molar-refractivity contribution is -0.725. The maximum atomic E-state index is 13.2. The number of fused-ring (bicyclic) bond motifs is 1. The number of nitro benzene ring substituents is 1. The van der Waals surface area contributed by atoms with Crippen LogP contribution >= 0.6 is 11.8 Å². The van der Waals surface area contributed by atoms with Crippen molar-refractivity contribution in [1.29, 1.82) is 0 Å². The minimum Gasteiger partial charge on any atom is -1.00 e. The fourth-order valence-electron chi connectivity index (χ4n) is 3.27. The van der Waals surface area contributed by atoms with Gasteiger partial charge in [-0.3, -0.25) is 10.1 Å². The molecule has 10 heteroatoms. The Kier molecular flexibility index (Phi) is 5.77. The first-order valence-electron chi connectivity index (χ1n) is 8.48. The average molecular weight is 486 g/mol. The van der Waals surface area contributed by atoms with E-state index in [-0.39, 0.29) is 22.7 Å². The standard InChI is InChI=1S/C19H15F3N3O2S.BrH/c1-12-10-23-11-17(13-5-7-15(8-6-13)25(26)27)24(18(23)28-12)16-4-2-3-14(9-16)19(20,21)22;/h2-9,11-12H,10H2,1H3;1H/q+1;/p-1. The monoisotopic (exact) mass is 485 g/mol. The van der Waals surface area contributed by atoms with Crippen LogP contribution in [0.25, 0.3) is 16.9 Å². The quantitative estimate of drug-likeness (QED) is 0.323. The van der Waals surface area contributed by atoms with Crippen LogP contribution in [0.4, 0.5) is 18.9 Å². The third-order valence-electron chi connectivity index (χ3n) is 4.52. The van der Waals surface area contributed by atoms with E-state index < -0.39 is 16.7 Å². The molecule has 0 radical (unpaired) electrons. The number of hydrogen-bond donors (Lipinski definition) is 0. The highest BCUT2D eigenvalue weighted by molar-refractivity contribution is 7.99. The number of nitro groups is 1. The fourth-order valence-corrected chi connectivity index (χ4v) is 4.43. The molecule has 2 heterocycles. The van der Waals surface area contributed by atoms with Crippen molar-refractivity contribution in [3.8, 4) is 16.9 Å². The molecule has 1 aromatic heterocycles. The van der Waals surface area contributed by atoms with Gasteiger partial charge in [-0.2, -0.15) is 17.7 Å². The minimum atomic E-state index is -4.44. The number of thioether (sulfide) groups is 1. The minimum absolute atomic E-state index is 0. The van der Waals surface area contributed by atoms with Gasteiger partial charge in [0.2, 0.25) is 0 Å². The Balaban J connectivity index is 0.00000240. The summed E-state index contributed by atoms with van der Waals surface area (Å²) in [6.07, 6.45) is -2.55. The Labute approximate surface area is 179 Å². The van der Waals surface area contributed by atoms with Crippen molar-refractivity contribution in [2.75, 3.05) is 0 Å². The fraction of sp³-hybridized carbons (Fsp3) is 0.211. The predicted octanol–water partition coefficient (Wildman–Crippen LogP) is 1.86. The molecule has 152 valence electrons. The largest absolute Gasteiger partial charge is 1.00 e. The second kappa shape index (κ2) is 7.83. The van der Waals surface area contributed by atoms with Crippen molar-refractivity contribution >= 4 is 17.4 Å². The van der Waals surface area contributed by atoms with Gasteiger partial charge in [-0.1, -0.05) is 6.07 Å². The number of rotatable bonds is 3. The smallest absolute Gasteiger partial charge is 0.416 e. The zero-order valence-electron chi connectivity index (χ0n) is 15.1. The summed E-state index contributed by atoms with van der Waals surface area (Å²) in [7, 11) is 0. The van der Waals surface area contributed by atoms with E-state index >= 15 is 0 Å². The molecular weight excluding hydrogens is 471 g/mol. The molecule has 0 saturated heterocycles. The molecular formula is C19H15BrF3N3O2S. The summed E-state index contributed by atoms with van der Waals surface area (Å²) in [6.45, 7) is 2.80. The molecule has 0 fully saturated rings. The number of nitrogens with zero attached hydrogens (tertiary/aromatic N) is 3. The number of halogens is 4. The first-order chi connectivity index (χ1) is 13.2. The Hall–Kier alpha value is -2.33. The first-order valence-corrected chi connectivity index (χ1v) is 9.36. The van der Waals surface area contributed by atoms with Crippen LogP contribution in [0.2, 0.25) is 0 Å². The summed E-state index contributed by atoms with van der Waals surface area (Å²) in [5.41, 5.74) is 1.02. The highest BCUT2D eigenvalue weighted by Crippen LogP contribution is 2.36. The Morgan fingerprint density at radius 2 is 1.90 bits per heavy atom. The van der Waals surface area contributed by atoms with Crippen molar-refractivity contribution in [3.63, 3.8) is 0 Å². The second-order valence-electron chi connectivity index (χ2n) is 6.57. The molecule has 0 N–H and O–H groups in total. The van der Waals surface area contributed by atoms with Gasteiger partial charge in [-0.15, -0.1) is 0 Å². The lowest BCUT2D eigenvalue weighted by Crippen LogP contribution is -3.00. The van der Waals surface area contributed by atoms with Gasteiger partial charge in [-0.05, 0) is 49.0 Å². The number of non-ortho nitro benzene ring substituents is 1. The van der Waals surface area contributed by atoms with E-state index in [1.54, 1.807) is 34.5 Å². The molecule has 0 aliphatic carbocycles. The zero-order chi connectivity index (χ0) is 20.1. The Bertz CT molecular complexity index is 1070. The number of aromatic nitrogens is 2. The van der Waals surface area contributed by atoms with Crippen molar-refractivity contribution in [3.05, 3.63) is 70.4 Å². The normalized spacial score (nSPS) is 15.7. The highest BCUT2D eigenvalue weighted by atomic mass is 79.9. The van der Waals surface area contributed by atoms with Crippen LogP contribution in [0.1, 0.15) is 12.5 Å². The van der Waals surface area contributed by atoms with E-state index in [1.807, 2.05) is 10.8 Å². The van der Waals surface area contributed by atoms with Crippen molar-refractivity contribution in [1.82, 2.24) is 4.57 Å². The molecule has 3 aromatic rings. The SMILES string of the molecule is CC1C[n+]2cc(-c3ccc([N+](=O)[O-])cc3)n(-c3cccc(C(F)(F)F)c3)c2S1.[Br-]. The molecule has 0 bridgehead atoms. The van der Waals surface area contributed by atoms with Gasteiger partial charge in [0.15, 0.2) is 5.69 Å². The van der Waals surface area contributed by atoms with Crippen LogP contribution in [-0.4, -0.2) is 14.7 Å². The topological polar surface area (TPSA) is 51.9 Å². The summed E-state index contributed by atoms with van der Waals surface area (Å²) >= 11 is 1.59. The van der Waals surface area contributed by atoms with Gasteiger partial charge < -0.3 is 17.0 Å². The predicted molar refractivity (Wildman–Crippen MR) is 98.4 cm³/mol. The maximum absolute atomic E-state index is 13.2. The summed E-state index contributed by atoms with van der Waals surface area (Å²) in [5, 5.41) is 12.0. The van der Waals surface area contributed by atoms with Gasteiger partial charge in [0.1, 0.15) is 18.4 Å². The van der Waals surface area contributed by atoms with E-state index in [4.69, 9.17) is 0 Å². The zero-order valence-corrected chi connectivity index (χ0v) is 17.5.